The fourth-order valence-corrected chi connectivity index (χ4v) is 2.91. The van der Waals surface area contributed by atoms with Gasteiger partial charge < -0.3 is 9.47 Å². The Morgan fingerprint density at radius 3 is 2.62 bits per heavy atom. The topological polar surface area (TPSA) is 46.8 Å². The molecule has 5 heteroatoms. The van der Waals surface area contributed by atoms with Gasteiger partial charge in [0.1, 0.15) is 12.2 Å². The average molecular weight is 283 g/mol. The minimum Gasteiger partial charge on any atom is -0.355 e. The van der Waals surface area contributed by atoms with Crippen molar-refractivity contribution in [3.8, 4) is 0 Å². The molecule has 0 unspecified atom stereocenters. The smallest absolute Gasteiger partial charge is 0.165 e. The van der Waals surface area contributed by atoms with E-state index in [1.807, 2.05) is 12.2 Å². The fourth-order valence-electron chi connectivity index (χ4n) is 2.91. The molecule has 0 amide bonds. The molecule has 21 heavy (non-hydrogen) atoms. The van der Waals surface area contributed by atoms with E-state index in [9.17, 15) is 0 Å². The van der Waals surface area contributed by atoms with Crippen molar-refractivity contribution in [3.63, 3.8) is 0 Å². The lowest BCUT2D eigenvalue weighted by Gasteiger charge is -2.27. The Balaban J connectivity index is 2.11. The molecular weight excluding hydrogens is 262 g/mol. The maximum Gasteiger partial charge on any atom is 0.165 e. The van der Waals surface area contributed by atoms with Crippen LogP contribution in [0.3, 0.4) is 0 Å². The van der Waals surface area contributed by atoms with Crippen molar-refractivity contribution in [3.05, 3.63) is 37.5 Å². The first-order valence-corrected chi connectivity index (χ1v) is 7.52. The summed E-state index contributed by atoms with van der Waals surface area (Å²) in [5.41, 5.74) is 1.79. The Bertz CT molecular complexity index is 652. The Hall–Kier alpha value is -2.17. The van der Waals surface area contributed by atoms with E-state index in [-0.39, 0.29) is 0 Å². The van der Waals surface area contributed by atoms with Gasteiger partial charge in [0, 0.05) is 26.1 Å². The summed E-state index contributed by atoms with van der Waals surface area (Å²) in [5, 5.41) is 0. The van der Waals surface area contributed by atoms with E-state index < -0.39 is 0 Å². The highest BCUT2D eigenvalue weighted by atomic mass is 15.2. The molecule has 0 bridgehead atoms. The SMILES string of the molecule is C=CCc1nc2c(N3CCCCC3)ncnc2n1CC=C. The van der Waals surface area contributed by atoms with Crippen LogP contribution in [0.1, 0.15) is 25.1 Å². The predicted molar refractivity (Wildman–Crippen MR) is 85.5 cm³/mol. The monoisotopic (exact) mass is 283 g/mol. The number of rotatable bonds is 5. The van der Waals surface area contributed by atoms with Gasteiger partial charge in [-0.2, -0.15) is 0 Å². The first-order chi connectivity index (χ1) is 10.3. The normalized spacial score (nSPS) is 15.3. The summed E-state index contributed by atoms with van der Waals surface area (Å²) in [6, 6.07) is 0. The Morgan fingerprint density at radius 2 is 1.90 bits per heavy atom. The summed E-state index contributed by atoms with van der Waals surface area (Å²) >= 11 is 0. The third-order valence-corrected chi connectivity index (χ3v) is 3.89. The summed E-state index contributed by atoms with van der Waals surface area (Å²) in [6.45, 7) is 10.5. The summed E-state index contributed by atoms with van der Waals surface area (Å²) in [4.78, 5) is 16.0. The molecule has 1 aliphatic heterocycles. The van der Waals surface area contributed by atoms with E-state index in [0.717, 1.165) is 42.3 Å². The molecule has 110 valence electrons. The third-order valence-electron chi connectivity index (χ3n) is 3.89. The van der Waals surface area contributed by atoms with Gasteiger partial charge in [-0.05, 0) is 19.3 Å². The van der Waals surface area contributed by atoms with Gasteiger partial charge in [-0.15, -0.1) is 13.2 Å². The van der Waals surface area contributed by atoms with E-state index in [1.54, 1.807) is 6.33 Å². The van der Waals surface area contributed by atoms with Crippen LogP contribution in [-0.2, 0) is 13.0 Å². The zero-order chi connectivity index (χ0) is 14.7. The van der Waals surface area contributed by atoms with Gasteiger partial charge in [-0.25, -0.2) is 15.0 Å². The van der Waals surface area contributed by atoms with E-state index >= 15 is 0 Å². The van der Waals surface area contributed by atoms with Crippen LogP contribution < -0.4 is 4.90 Å². The Labute approximate surface area is 125 Å². The van der Waals surface area contributed by atoms with Crippen molar-refractivity contribution in [2.24, 2.45) is 0 Å². The van der Waals surface area contributed by atoms with E-state index in [0.29, 0.717) is 6.54 Å². The molecule has 0 atom stereocenters. The Kier molecular flexibility index (Phi) is 3.99. The van der Waals surface area contributed by atoms with Gasteiger partial charge >= 0.3 is 0 Å². The zero-order valence-corrected chi connectivity index (χ0v) is 12.3. The second kappa shape index (κ2) is 6.08. The van der Waals surface area contributed by atoms with Gasteiger partial charge in [-0.1, -0.05) is 12.2 Å². The molecule has 3 rings (SSSR count). The third kappa shape index (κ3) is 2.55. The highest BCUT2D eigenvalue weighted by Crippen LogP contribution is 2.26. The number of allylic oxidation sites excluding steroid dienone is 2. The highest BCUT2D eigenvalue weighted by molar-refractivity contribution is 5.84. The second-order valence-electron chi connectivity index (χ2n) is 5.34. The molecule has 0 spiro atoms. The summed E-state index contributed by atoms with van der Waals surface area (Å²) in [7, 11) is 0. The van der Waals surface area contributed by atoms with Crippen LogP contribution in [0.25, 0.3) is 11.2 Å². The molecular formula is C16H21N5. The molecule has 1 fully saturated rings. The molecule has 3 heterocycles. The molecule has 2 aromatic rings. The lowest BCUT2D eigenvalue weighted by molar-refractivity contribution is 0.574. The lowest BCUT2D eigenvalue weighted by Crippen LogP contribution is -2.30. The van der Waals surface area contributed by atoms with Crippen LogP contribution in [-0.4, -0.2) is 32.6 Å². The fraction of sp³-hybridized carbons (Fsp3) is 0.438. The van der Waals surface area contributed by atoms with Gasteiger partial charge in [0.25, 0.3) is 0 Å². The first kappa shape index (κ1) is 13.8. The molecule has 1 saturated heterocycles. The minimum atomic E-state index is 0.704. The van der Waals surface area contributed by atoms with Crippen LogP contribution in [0, 0.1) is 0 Å². The number of piperidine rings is 1. The zero-order valence-electron chi connectivity index (χ0n) is 12.3. The maximum absolute atomic E-state index is 4.77. The number of aromatic nitrogens is 4. The molecule has 2 aromatic heterocycles. The molecule has 0 N–H and O–H groups in total. The molecule has 1 aliphatic rings. The highest BCUT2D eigenvalue weighted by Gasteiger charge is 2.19. The van der Waals surface area contributed by atoms with Crippen molar-refractivity contribution in [2.45, 2.75) is 32.2 Å². The molecule has 0 aromatic carbocycles. The minimum absolute atomic E-state index is 0.704. The van der Waals surface area contributed by atoms with Crippen molar-refractivity contribution in [1.29, 1.82) is 0 Å². The van der Waals surface area contributed by atoms with Crippen molar-refractivity contribution in [1.82, 2.24) is 19.5 Å². The van der Waals surface area contributed by atoms with Crippen LogP contribution >= 0.6 is 0 Å². The van der Waals surface area contributed by atoms with E-state index in [2.05, 4.69) is 32.6 Å². The van der Waals surface area contributed by atoms with Gasteiger partial charge in [0.05, 0.1) is 0 Å². The summed E-state index contributed by atoms with van der Waals surface area (Å²) < 4.78 is 2.10. The number of imidazole rings is 1. The van der Waals surface area contributed by atoms with E-state index in [1.165, 1.54) is 19.3 Å². The predicted octanol–water partition coefficient (Wildman–Crippen LogP) is 2.73. The molecule has 0 aliphatic carbocycles. The number of hydrogen-bond donors (Lipinski definition) is 0. The first-order valence-electron chi connectivity index (χ1n) is 7.52. The summed E-state index contributed by atoms with van der Waals surface area (Å²) in [5.74, 6) is 1.94. The maximum atomic E-state index is 4.77. The van der Waals surface area contributed by atoms with Crippen LogP contribution in [0.5, 0.6) is 0 Å². The van der Waals surface area contributed by atoms with Crippen LogP contribution in [0.2, 0.25) is 0 Å². The number of fused-ring (bicyclic) bond motifs is 1. The largest absolute Gasteiger partial charge is 0.355 e. The van der Waals surface area contributed by atoms with Crippen molar-refractivity contribution >= 4 is 17.0 Å². The van der Waals surface area contributed by atoms with Crippen LogP contribution in [0.15, 0.2) is 31.6 Å². The summed E-state index contributed by atoms with van der Waals surface area (Å²) in [6.07, 6.45) is 9.86. The lowest BCUT2D eigenvalue weighted by atomic mass is 10.1. The second-order valence-corrected chi connectivity index (χ2v) is 5.34. The standard InChI is InChI=1S/C16H21N5/c1-3-8-13-19-14-15(20-10-6-5-7-11-20)17-12-18-16(14)21(13)9-4-2/h3-4,12H,1-2,5-11H2. The van der Waals surface area contributed by atoms with Crippen molar-refractivity contribution in [2.75, 3.05) is 18.0 Å². The molecule has 5 nitrogen and oxygen atoms in total. The number of anilines is 1. The van der Waals surface area contributed by atoms with E-state index in [4.69, 9.17) is 4.98 Å². The molecule has 0 saturated carbocycles. The van der Waals surface area contributed by atoms with Gasteiger partial charge in [-0.3, -0.25) is 0 Å². The van der Waals surface area contributed by atoms with Gasteiger partial charge in [0.15, 0.2) is 17.0 Å². The van der Waals surface area contributed by atoms with Gasteiger partial charge in [0.2, 0.25) is 0 Å². The van der Waals surface area contributed by atoms with Crippen molar-refractivity contribution < 1.29 is 0 Å². The molecule has 0 radical (unpaired) electrons. The Morgan fingerprint density at radius 1 is 1.10 bits per heavy atom. The van der Waals surface area contributed by atoms with Crippen LogP contribution in [0.4, 0.5) is 5.82 Å². The average Bonchev–Trinajstić information content (AvgIpc) is 2.87. The number of nitrogens with zero attached hydrogens (tertiary/aromatic N) is 5. The quantitative estimate of drug-likeness (QED) is 0.792. The number of hydrogen-bond acceptors (Lipinski definition) is 4.